The quantitative estimate of drug-likeness (QED) is 0.479. The molecule has 0 spiro atoms. The zero-order valence-corrected chi connectivity index (χ0v) is 14.1. The molecule has 0 saturated carbocycles. The van der Waals surface area contributed by atoms with Crippen LogP contribution >= 0.6 is 0 Å². The minimum atomic E-state index is -0.743. The van der Waals surface area contributed by atoms with Gasteiger partial charge < -0.3 is 9.47 Å². The molecule has 0 atom stereocenters. The molecule has 25 heavy (non-hydrogen) atoms. The molecule has 1 heterocycles. The summed E-state index contributed by atoms with van der Waals surface area (Å²) < 4.78 is 11.5. The van der Waals surface area contributed by atoms with Gasteiger partial charge in [-0.15, -0.1) is 0 Å². The highest BCUT2D eigenvalue weighted by molar-refractivity contribution is 5.97. The minimum absolute atomic E-state index is 0.149. The number of aromatic nitrogens is 2. The Morgan fingerprint density at radius 3 is 2.72 bits per heavy atom. The highest BCUT2D eigenvalue weighted by Crippen LogP contribution is 2.23. The summed E-state index contributed by atoms with van der Waals surface area (Å²) in [6.45, 7) is 1.46. The molecule has 0 aliphatic rings. The van der Waals surface area contributed by atoms with Crippen LogP contribution in [-0.4, -0.2) is 41.0 Å². The van der Waals surface area contributed by atoms with Crippen molar-refractivity contribution in [3.63, 3.8) is 0 Å². The SMILES string of the molecule is COc1ccc(OC)c(C=NNC(=O)c2c([N+](=O)[O-])c(C)nn2C)c1. The largest absolute Gasteiger partial charge is 0.497 e. The third kappa shape index (κ3) is 3.74. The number of nitrogens with zero attached hydrogens (tertiary/aromatic N) is 4. The van der Waals surface area contributed by atoms with Gasteiger partial charge in [0.1, 0.15) is 17.2 Å². The third-order valence-corrected chi connectivity index (χ3v) is 3.39. The van der Waals surface area contributed by atoms with E-state index in [1.54, 1.807) is 18.2 Å². The van der Waals surface area contributed by atoms with Crippen LogP contribution in [0.25, 0.3) is 0 Å². The minimum Gasteiger partial charge on any atom is -0.497 e. The Bertz CT molecular complexity index is 843. The second-order valence-electron chi connectivity index (χ2n) is 4.97. The lowest BCUT2D eigenvalue weighted by atomic mass is 10.2. The van der Waals surface area contributed by atoms with E-state index in [9.17, 15) is 14.9 Å². The monoisotopic (exact) mass is 347 g/mol. The first-order valence-electron chi connectivity index (χ1n) is 7.12. The summed E-state index contributed by atoms with van der Waals surface area (Å²) in [7, 11) is 4.47. The number of hydrogen-bond donors (Lipinski definition) is 1. The molecule has 10 heteroatoms. The zero-order valence-electron chi connectivity index (χ0n) is 14.1. The van der Waals surface area contributed by atoms with E-state index in [0.717, 1.165) is 4.68 Å². The van der Waals surface area contributed by atoms with Gasteiger partial charge in [0.25, 0.3) is 5.91 Å². The smallest absolute Gasteiger partial charge is 0.322 e. The molecule has 1 amide bonds. The molecule has 0 bridgehead atoms. The van der Waals surface area contributed by atoms with Gasteiger partial charge in [0, 0.05) is 12.6 Å². The average molecular weight is 347 g/mol. The molecule has 0 fully saturated rings. The maximum atomic E-state index is 12.2. The standard InChI is InChI=1S/C15H17N5O5/c1-9-13(20(22)23)14(19(2)18-9)15(21)17-16-8-10-7-11(24-3)5-6-12(10)25-4/h5-8H,1-4H3,(H,17,21). The van der Waals surface area contributed by atoms with Crippen LogP contribution in [0.5, 0.6) is 11.5 Å². The first-order valence-corrected chi connectivity index (χ1v) is 7.12. The average Bonchev–Trinajstić information content (AvgIpc) is 2.88. The zero-order chi connectivity index (χ0) is 18.6. The Morgan fingerprint density at radius 1 is 1.40 bits per heavy atom. The number of hydrogen-bond acceptors (Lipinski definition) is 7. The maximum Gasteiger partial charge on any atom is 0.322 e. The molecule has 0 radical (unpaired) electrons. The van der Waals surface area contributed by atoms with Crippen LogP contribution in [0.4, 0.5) is 5.69 Å². The fourth-order valence-corrected chi connectivity index (χ4v) is 2.27. The van der Waals surface area contributed by atoms with Crippen LogP contribution < -0.4 is 14.9 Å². The predicted octanol–water partition coefficient (Wildman–Crippen LogP) is 1.42. The molecule has 2 aromatic rings. The number of ether oxygens (including phenoxy) is 2. The van der Waals surface area contributed by atoms with E-state index in [1.165, 1.54) is 34.4 Å². The van der Waals surface area contributed by atoms with Crippen molar-refractivity contribution in [3.8, 4) is 11.5 Å². The van der Waals surface area contributed by atoms with Gasteiger partial charge in [-0.05, 0) is 25.1 Å². The van der Waals surface area contributed by atoms with Crippen LogP contribution in [0.3, 0.4) is 0 Å². The molecule has 0 saturated heterocycles. The summed E-state index contributed by atoms with van der Waals surface area (Å²) in [6, 6.07) is 5.08. The molecule has 0 aliphatic carbocycles. The van der Waals surface area contributed by atoms with Crippen LogP contribution in [0.15, 0.2) is 23.3 Å². The molecule has 10 nitrogen and oxygen atoms in total. The highest BCUT2D eigenvalue weighted by atomic mass is 16.6. The number of aryl methyl sites for hydroxylation is 2. The Balaban J connectivity index is 2.24. The lowest BCUT2D eigenvalue weighted by molar-refractivity contribution is -0.385. The molecule has 1 aromatic heterocycles. The molecule has 1 aromatic carbocycles. The van der Waals surface area contributed by atoms with Crippen LogP contribution in [0.1, 0.15) is 21.7 Å². The van der Waals surface area contributed by atoms with Gasteiger partial charge in [0.2, 0.25) is 5.69 Å². The number of hydrazone groups is 1. The molecular weight excluding hydrogens is 330 g/mol. The van der Waals surface area contributed by atoms with Crippen molar-refractivity contribution in [3.05, 3.63) is 45.3 Å². The van der Waals surface area contributed by atoms with Crippen molar-refractivity contribution in [1.29, 1.82) is 0 Å². The van der Waals surface area contributed by atoms with E-state index in [4.69, 9.17) is 9.47 Å². The molecule has 1 N–H and O–H groups in total. The van der Waals surface area contributed by atoms with Crippen molar-refractivity contribution in [2.45, 2.75) is 6.92 Å². The van der Waals surface area contributed by atoms with Gasteiger partial charge in [-0.3, -0.25) is 19.6 Å². The maximum absolute atomic E-state index is 12.2. The molecule has 132 valence electrons. The Labute approximate surface area is 143 Å². The Hall–Kier alpha value is -3.43. The van der Waals surface area contributed by atoms with Crippen molar-refractivity contribution in [2.24, 2.45) is 12.1 Å². The fourth-order valence-electron chi connectivity index (χ4n) is 2.27. The van der Waals surface area contributed by atoms with E-state index in [-0.39, 0.29) is 17.1 Å². The van der Waals surface area contributed by atoms with Crippen molar-refractivity contribution in [2.75, 3.05) is 14.2 Å². The summed E-state index contributed by atoms with van der Waals surface area (Å²) >= 11 is 0. The predicted molar refractivity (Wildman–Crippen MR) is 89.2 cm³/mol. The lowest BCUT2D eigenvalue weighted by Crippen LogP contribution is -2.22. The van der Waals surface area contributed by atoms with Crippen molar-refractivity contribution < 1.29 is 19.2 Å². The van der Waals surface area contributed by atoms with Crippen molar-refractivity contribution in [1.82, 2.24) is 15.2 Å². The second-order valence-corrected chi connectivity index (χ2v) is 4.97. The summed E-state index contributed by atoms with van der Waals surface area (Å²) in [4.78, 5) is 22.7. The van der Waals surface area contributed by atoms with Crippen molar-refractivity contribution >= 4 is 17.8 Å². The van der Waals surface area contributed by atoms with E-state index in [0.29, 0.717) is 17.1 Å². The molecule has 0 aliphatic heterocycles. The highest BCUT2D eigenvalue weighted by Gasteiger charge is 2.29. The number of carbonyl (C=O) groups is 1. The van der Waals surface area contributed by atoms with Crippen LogP contribution in [-0.2, 0) is 7.05 Å². The normalized spacial score (nSPS) is 10.7. The van der Waals surface area contributed by atoms with E-state index in [1.807, 2.05) is 0 Å². The van der Waals surface area contributed by atoms with Gasteiger partial charge in [-0.1, -0.05) is 0 Å². The molecule has 0 unspecified atom stereocenters. The number of rotatable bonds is 6. The fraction of sp³-hybridized carbons (Fsp3) is 0.267. The van der Waals surface area contributed by atoms with E-state index < -0.39 is 10.8 Å². The number of nitro groups is 1. The number of benzene rings is 1. The number of carbonyl (C=O) groups excluding carboxylic acids is 1. The van der Waals surface area contributed by atoms with E-state index in [2.05, 4.69) is 15.6 Å². The van der Waals surface area contributed by atoms with Gasteiger partial charge in [0.15, 0.2) is 0 Å². The first kappa shape index (κ1) is 17.9. The first-order chi connectivity index (χ1) is 11.9. The van der Waals surface area contributed by atoms with Gasteiger partial charge in [-0.2, -0.15) is 10.2 Å². The summed E-state index contributed by atoms with van der Waals surface area (Å²) in [5.74, 6) is 0.376. The van der Waals surface area contributed by atoms with Crippen LogP contribution in [0.2, 0.25) is 0 Å². The molecular formula is C15H17N5O5. The number of amides is 1. The van der Waals surface area contributed by atoms with Gasteiger partial charge in [-0.25, -0.2) is 5.43 Å². The molecule has 2 rings (SSSR count). The van der Waals surface area contributed by atoms with Gasteiger partial charge in [0.05, 0.1) is 25.4 Å². The Morgan fingerprint density at radius 2 is 2.12 bits per heavy atom. The second kappa shape index (κ2) is 7.43. The number of methoxy groups -OCH3 is 2. The van der Waals surface area contributed by atoms with E-state index >= 15 is 0 Å². The topological polar surface area (TPSA) is 121 Å². The lowest BCUT2D eigenvalue weighted by Gasteiger charge is -2.06. The van der Waals surface area contributed by atoms with Crippen LogP contribution in [0, 0.1) is 17.0 Å². The summed E-state index contributed by atoms with van der Waals surface area (Å²) in [5, 5.41) is 18.8. The van der Waals surface area contributed by atoms with Gasteiger partial charge >= 0.3 is 5.69 Å². The third-order valence-electron chi connectivity index (χ3n) is 3.39. The summed E-state index contributed by atoms with van der Waals surface area (Å²) in [6.07, 6.45) is 1.36. The summed E-state index contributed by atoms with van der Waals surface area (Å²) in [5.41, 5.74) is 2.44. The number of nitrogens with one attached hydrogen (secondary N) is 1. The Kier molecular flexibility index (Phi) is 5.32.